The average molecular weight is 461 g/mol. The monoisotopic (exact) mass is 461 g/mol. The number of likely N-dealkylation sites (tertiary alicyclic amines) is 1. The molecule has 5 nitrogen and oxygen atoms in total. The van der Waals surface area contributed by atoms with Crippen LogP contribution in [-0.2, 0) is 35.9 Å². The van der Waals surface area contributed by atoms with Crippen molar-refractivity contribution in [2.24, 2.45) is 0 Å². The number of piperidine rings is 1. The second-order valence-electron chi connectivity index (χ2n) is 5.35. The van der Waals surface area contributed by atoms with Crippen LogP contribution in [-0.4, -0.2) is 64.8 Å². The Morgan fingerprint density at radius 3 is 2.32 bits per heavy atom. The molecule has 0 aliphatic carbocycles. The summed E-state index contributed by atoms with van der Waals surface area (Å²) in [5, 5.41) is 4.36. The van der Waals surface area contributed by atoms with Gasteiger partial charge in [0.05, 0.1) is 13.2 Å². The van der Waals surface area contributed by atoms with E-state index in [1.54, 1.807) is 0 Å². The van der Waals surface area contributed by atoms with Gasteiger partial charge in [-0.3, -0.25) is 9.08 Å². The second-order valence-corrected chi connectivity index (χ2v) is 6.54. The third kappa shape index (κ3) is 4.31. The van der Waals surface area contributed by atoms with E-state index < -0.39 is 11.3 Å². The number of nitrogens with zero attached hydrogens (tertiary/aromatic N) is 3. The van der Waals surface area contributed by atoms with Crippen molar-refractivity contribution in [2.45, 2.75) is 44.8 Å². The Morgan fingerprint density at radius 1 is 1.26 bits per heavy atom. The summed E-state index contributed by atoms with van der Waals surface area (Å²) < 4.78 is 19.2. The number of rotatable bonds is 5. The first-order valence-corrected chi connectivity index (χ1v) is 7.78. The van der Waals surface area contributed by atoms with Crippen LogP contribution < -0.4 is 0 Å². The summed E-state index contributed by atoms with van der Waals surface area (Å²) in [6.07, 6.45) is 2.01. The molecule has 0 saturated carbocycles. The van der Waals surface area contributed by atoms with Gasteiger partial charge in [0.1, 0.15) is 0 Å². The van der Waals surface area contributed by atoms with Crippen molar-refractivity contribution in [1.29, 1.82) is 0 Å². The molecule has 1 unspecified atom stereocenters. The fourth-order valence-corrected chi connectivity index (χ4v) is 3.69. The molecule has 2 fully saturated rings. The standard InChI is InChI=1S/C12H24N3O2S.Re/c1-10(2)14-8-12(9-14)15(18(16)17-3)11-4-6-13-7-5-11;/h10-12H,4-9H2,1-3H3;/q-1;. The maximum Gasteiger partial charge on any atom is 0.237 e. The number of hydrogen-bond acceptors (Lipinski definition) is 3. The SMILES string of the molecule is COS(=O)N(C1CC[N-]CC1)C1CN(C(C)C)C1.[Re]. The molecule has 1 atom stereocenters. The molecular formula is C12H24N3O2ReS-. The summed E-state index contributed by atoms with van der Waals surface area (Å²) in [6.45, 7) is 8.19. The van der Waals surface area contributed by atoms with Crippen molar-refractivity contribution in [3.8, 4) is 0 Å². The molecule has 2 rings (SSSR count). The molecule has 0 spiro atoms. The molecule has 2 aliphatic heterocycles. The van der Waals surface area contributed by atoms with Crippen LogP contribution in [0, 0.1) is 0 Å². The van der Waals surface area contributed by atoms with Crippen LogP contribution in [0.4, 0.5) is 0 Å². The zero-order chi connectivity index (χ0) is 13.1. The number of hydrogen-bond donors (Lipinski definition) is 0. The maximum atomic E-state index is 12.1. The maximum absolute atomic E-state index is 12.1. The minimum Gasteiger partial charge on any atom is -0.662 e. The van der Waals surface area contributed by atoms with Gasteiger partial charge in [-0.25, -0.2) is 4.21 Å². The van der Waals surface area contributed by atoms with Gasteiger partial charge in [0.15, 0.2) is 0 Å². The van der Waals surface area contributed by atoms with Crippen molar-refractivity contribution >= 4 is 11.3 Å². The van der Waals surface area contributed by atoms with Gasteiger partial charge in [0.25, 0.3) is 0 Å². The van der Waals surface area contributed by atoms with Gasteiger partial charge >= 0.3 is 0 Å². The molecule has 0 N–H and O–H groups in total. The van der Waals surface area contributed by atoms with Crippen molar-refractivity contribution < 1.29 is 28.8 Å². The summed E-state index contributed by atoms with van der Waals surface area (Å²) >= 11 is -1.30. The van der Waals surface area contributed by atoms with E-state index in [4.69, 9.17) is 4.18 Å². The molecule has 19 heavy (non-hydrogen) atoms. The summed E-state index contributed by atoms with van der Waals surface area (Å²) in [4.78, 5) is 2.40. The quantitative estimate of drug-likeness (QED) is 0.618. The molecule has 2 saturated heterocycles. The van der Waals surface area contributed by atoms with Crippen molar-refractivity contribution in [2.75, 3.05) is 33.3 Å². The molecule has 7 heteroatoms. The van der Waals surface area contributed by atoms with Gasteiger partial charge in [0.2, 0.25) is 11.3 Å². The van der Waals surface area contributed by atoms with Crippen LogP contribution in [0.25, 0.3) is 5.32 Å². The molecule has 0 bridgehead atoms. The zero-order valence-electron chi connectivity index (χ0n) is 11.9. The predicted octanol–water partition coefficient (Wildman–Crippen LogP) is 1.14. The van der Waals surface area contributed by atoms with Gasteiger partial charge in [0, 0.05) is 45.6 Å². The Balaban J connectivity index is 0.00000180. The van der Waals surface area contributed by atoms with E-state index in [1.807, 2.05) is 0 Å². The average Bonchev–Trinajstić information content (AvgIpc) is 2.32. The van der Waals surface area contributed by atoms with Gasteiger partial charge in [-0.15, -0.1) is 13.1 Å². The smallest absolute Gasteiger partial charge is 0.237 e. The van der Waals surface area contributed by atoms with Gasteiger partial charge in [-0.1, -0.05) is 12.8 Å². The third-order valence-corrected chi connectivity index (χ3v) is 5.12. The summed E-state index contributed by atoms with van der Waals surface area (Å²) in [5.74, 6) is 0. The van der Waals surface area contributed by atoms with E-state index in [1.165, 1.54) is 7.11 Å². The first-order chi connectivity index (χ1) is 8.63. The van der Waals surface area contributed by atoms with E-state index in [0.29, 0.717) is 18.1 Å². The predicted molar refractivity (Wildman–Crippen MR) is 73.6 cm³/mol. The molecule has 2 aliphatic rings. The van der Waals surface area contributed by atoms with Crippen molar-refractivity contribution in [3.05, 3.63) is 5.32 Å². The fraction of sp³-hybridized carbons (Fsp3) is 1.00. The minimum atomic E-state index is -1.30. The molecule has 0 aromatic rings. The summed E-state index contributed by atoms with van der Waals surface area (Å²) in [6, 6.07) is 1.30. The fourth-order valence-electron chi connectivity index (χ4n) is 2.69. The van der Waals surface area contributed by atoms with E-state index in [0.717, 1.165) is 39.0 Å². The Kier molecular flexibility index (Phi) is 7.62. The Morgan fingerprint density at radius 2 is 1.84 bits per heavy atom. The van der Waals surface area contributed by atoms with Gasteiger partial charge in [-0.05, 0) is 13.8 Å². The molecule has 1 radical (unpaired) electrons. The van der Waals surface area contributed by atoms with Crippen molar-refractivity contribution in [3.63, 3.8) is 0 Å². The first kappa shape index (κ1) is 17.7. The van der Waals surface area contributed by atoms with Crippen molar-refractivity contribution in [1.82, 2.24) is 9.21 Å². The molecule has 2 heterocycles. The van der Waals surface area contributed by atoms with Crippen LogP contribution >= 0.6 is 0 Å². The molecule has 0 amide bonds. The molecular weight excluding hydrogens is 436 g/mol. The largest absolute Gasteiger partial charge is 0.662 e. The van der Waals surface area contributed by atoms with Crippen LogP contribution in [0.3, 0.4) is 0 Å². The van der Waals surface area contributed by atoms with E-state index in [2.05, 4.69) is 28.4 Å². The summed E-state index contributed by atoms with van der Waals surface area (Å²) in [5.41, 5.74) is 0. The molecule has 113 valence electrons. The zero-order valence-corrected chi connectivity index (χ0v) is 15.5. The van der Waals surface area contributed by atoms with Crippen LogP contribution in [0.15, 0.2) is 0 Å². The van der Waals surface area contributed by atoms with E-state index in [-0.39, 0.29) is 20.4 Å². The first-order valence-electron chi connectivity index (χ1n) is 6.75. The minimum absolute atomic E-state index is 0. The topological polar surface area (TPSA) is 46.9 Å². The van der Waals surface area contributed by atoms with Gasteiger partial charge in [-0.2, -0.15) is 4.31 Å². The van der Waals surface area contributed by atoms with E-state index in [9.17, 15) is 4.21 Å². The van der Waals surface area contributed by atoms with Crippen LogP contribution in [0.1, 0.15) is 26.7 Å². The molecule has 0 aromatic heterocycles. The van der Waals surface area contributed by atoms with Crippen LogP contribution in [0.5, 0.6) is 0 Å². The Bertz CT molecular complexity index is 295. The Hall–Kier alpha value is 0.652. The van der Waals surface area contributed by atoms with Crippen LogP contribution in [0.2, 0.25) is 0 Å². The van der Waals surface area contributed by atoms with Gasteiger partial charge < -0.3 is 5.32 Å². The second kappa shape index (κ2) is 8.18. The normalized spacial score (nSPS) is 24.3. The third-order valence-electron chi connectivity index (χ3n) is 3.90. The van der Waals surface area contributed by atoms with E-state index >= 15 is 0 Å². The molecule has 0 aromatic carbocycles. The summed E-state index contributed by atoms with van der Waals surface area (Å²) in [7, 11) is 1.52. The Labute approximate surface area is 132 Å².